The molecule has 1 fully saturated rings. The zero-order valence-corrected chi connectivity index (χ0v) is 14.5. The second kappa shape index (κ2) is 5.61. The van der Waals surface area contributed by atoms with E-state index in [-0.39, 0.29) is 11.8 Å². The van der Waals surface area contributed by atoms with Gasteiger partial charge in [0.25, 0.3) is 0 Å². The van der Waals surface area contributed by atoms with E-state index < -0.39 is 17.7 Å². The van der Waals surface area contributed by atoms with Crippen LogP contribution >= 0.6 is 0 Å². The Kier molecular flexibility index (Phi) is 3.86. The summed E-state index contributed by atoms with van der Waals surface area (Å²) in [6, 6.07) is 5.85. The Labute approximate surface area is 141 Å². The van der Waals surface area contributed by atoms with Crippen LogP contribution in [0.5, 0.6) is 0 Å². The first-order valence-electron chi connectivity index (χ1n) is 8.21. The highest BCUT2D eigenvalue weighted by atomic mass is 16.6. The minimum Gasteiger partial charge on any atom is -0.450 e. The molecule has 0 bridgehead atoms. The molecule has 2 aliphatic heterocycles. The highest BCUT2D eigenvalue weighted by Gasteiger charge is 2.61. The third kappa shape index (κ3) is 2.20. The SMILES string of the molecule is CCc1ccc2c(c1)[C@]1(OC(C)=O)CCN(C(C)=O)[C@@H]1N2C(C)=O. The van der Waals surface area contributed by atoms with Crippen LogP contribution in [0.3, 0.4) is 0 Å². The first-order valence-corrected chi connectivity index (χ1v) is 8.21. The van der Waals surface area contributed by atoms with Crippen LogP contribution in [0.2, 0.25) is 0 Å². The van der Waals surface area contributed by atoms with Gasteiger partial charge in [0, 0.05) is 39.3 Å². The molecule has 2 atom stereocenters. The van der Waals surface area contributed by atoms with Gasteiger partial charge in [0.15, 0.2) is 11.8 Å². The predicted octanol–water partition coefficient (Wildman–Crippen LogP) is 1.95. The van der Waals surface area contributed by atoms with E-state index in [2.05, 4.69) is 0 Å². The van der Waals surface area contributed by atoms with Gasteiger partial charge in [-0.15, -0.1) is 0 Å². The lowest BCUT2D eigenvalue weighted by atomic mass is 9.90. The monoisotopic (exact) mass is 330 g/mol. The number of anilines is 1. The van der Waals surface area contributed by atoms with Crippen molar-refractivity contribution in [1.82, 2.24) is 4.90 Å². The molecule has 0 radical (unpaired) electrons. The summed E-state index contributed by atoms with van der Waals surface area (Å²) in [5, 5.41) is 0. The van der Waals surface area contributed by atoms with Crippen molar-refractivity contribution in [2.75, 3.05) is 11.4 Å². The second-order valence-electron chi connectivity index (χ2n) is 6.41. The number of likely N-dealkylation sites (tertiary alicyclic amines) is 1. The number of amides is 2. The quantitative estimate of drug-likeness (QED) is 0.778. The molecule has 128 valence electrons. The average molecular weight is 330 g/mol. The van der Waals surface area contributed by atoms with E-state index in [4.69, 9.17) is 4.74 Å². The van der Waals surface area contributed by atoms with Crippen molar-refractivity contribution in [1.29, 1.82) is 0 Å². The number of benzene rings is 1. The Morgan fingerprint density at radius 3 is 2.46 bits per heavy atom. The summed E-state index contributed by atoms with van der Waals surface area (Å²) in [6.07, 6.45) is 0.712. The molecule has 1 aromatic rings. The van der Waals surface area contributed by atoms with E-state index in [1.54, 1.807) is 9.80 Å². The van der Waals surface area contributed by atoms with Crippen LogP contribution < -0.4 is 4.90 Å². The van der Waals surface area contributed by atoms with Crippen molar-refractivity contribution in [2.24, 2.45) is 0 Å². The summed E-state index contributed by atoms with van der Waals surface area (Å²) in [5.41, 5.74) is 1.66. The number of carbonyl (C=O) groups is 3. The molecule has 1 aromatic carbocycles. The van der Waals surface area contributed by atoms with Crippen LogP contribution in [0.15, 0.2) is 18.2 Å². The van der Waals surface area contributed by atoms with Crippen molar-refractivity contribution in [3.8, 4) is 0 Å². The van der Waals surface area contributed by atoms with Gasteiger partial charge in [0.2, 0.25) is 11.8 Å². The fourth-order valence-electron chi connectivity index (χ4n) is 3.98. The third-order valence-electron chi connectivity index (χ3n) is 4.94. The van der Waals surface area contributed by atoms with Crippen LogP contribution in [-0.2, 0) is 31.1 Å². The molecular formula is C18H22N2O4. The lowest BCUT2D eigenvalue weighted by molar-refractivity contribution is -0.162. The van der Waals surface area contributed by atoms with E-state index in [0.29, 0.717) is 13.0 Å². The Morgan fingerprint density at radius 2 is 1.92 bits per heavy atom. The summed E-state index contributed by atoms with van der Waals surface area (Å²) in [5.74, 6) is -0.722. The minimum atomic E-state index is -0.982. The molecule has 0 spiro atoms. The summed E-state index contributed by atoms with van der Waals surface area (Å²) in [7, 11) is 0. The fraction of sp³-hybridized carbons (Fsp3) is 0.500. The van der Waals surface area contributed by atoms with Gasteiger partial charge >= 0.3 is 5.97 Å². The summed E-state index contributed by atoms with van der Waals surface area (Å²) in [4.78, 5) is 39.5. The van der Waals surface area contributed by atoms with Gasteiger partial charge in [-0.2, -0.15) is 0 Å². The van der Waals surface area contributed by atoms with Gasteiger partial charge in [-0.25, -0.2) is 0 Å². The zero-order valence-electron chi connectivity index (χ0n) is 14.5. The Bertz CT molecular complexity index is 730. The number of fused-ring (bicyclic) bond motifs is 3. The van der Waals surface area contributed by atoms with Gasteiger partial charge in [0.1, 0.15) is 0 Å². The van der Waals surface area contributed by atoms with Crippen LogP contribution in [0.25, 0.3) is 0 Å². The average Bonchev–Trinajstić information content (AvgIpc) is 2.98. The number of hydrogen-bond donors (Lipinski definition) is 0. The maximum atomic E-state index is 12.3. The number of nitrogens with zero attached hydrogens (tertiary/aromatic N) is 2. The second-order valence-corrected chi connectivity index (χ2v) is 6.41. The van der Waals surface area contributed by atoms with Crippen molar-refractivity contribution in [3.05, 3.63) is 29.3 Å². The Balaban J connectivity index is 2.24. The van der Waals surface area contributed by atoms with Crippen LogP contribution in [0.1, 0.15) is 45.2 Å². The standard InChI is InChI=1S/C18H22N2O4/c1-5-14-6-7-16-15(10-14)18(24-13(4)23)8-9-19(11(2)21)17(18)20(16)12(3)22/h6-7,10,17H,5,8-9H2,1-4H3/t17-,18-/m1/s1. The van der Waals surface area contributed by atoms with Gasteiger partial charge in [-0.05, 0) is 24.1 Å². The summed E-state index contributed by atoms with van der Waals surface area (Å²) in [6.45, 7) is 6.81. The molecule has 0 unspecified atom stereocenters. The molecule has 0 aliphatic carbocycles. The maximum Gasteiger partial charge on any atom is 0.303 e. The number of hydrogen-bond acceptors (Lipinski definition) is 4. The maximum absolute atomic E-state index is 12.3. The third-order valence-corrected chi connectivity index (χ3v) is 4.94. The van der Waals surface area contributed by atoms with Crippen molar-refractivity contribution < 1.29 is 19.1 Å². The smallest absolute Gasteiger partial charge is 0.303 e. The van der Waals surface area contributed by atoms with E-state index in [1.807, 2.05) is 25.1 Å². The molecule has 2 heterocycles. The van der Waals surface area contributed by atoms with Gasteiger partial charge < -0.3 is 9.64 Å². The molecule has 3 rings (SSSR count). The van der Waals surface area contributed by atoms with Crippen LogP contribution in [-0.4, -0.2) is 35.4 Å². The normalized spacial score (nSPS) is 24.6. The molecule has 0 N–H and O–H groups in total. The molecule has 6 nitrogen and oxygen atoms in total. The largest absolute Gasteiger partial charge is 0.450 e. The van der Waals surface area contributed by atoms with Gasteiger partial charge in [0.05, 0.1) is 5.69 Å². The first-order chi connectivity index (χ1) is 11.3. The Hall–Kier alpha value is -2.37. The van der Waals surface area contributed by atoms with Crippen LogP contribution in [0.4, 0.5) is 5.69 Å². The number of carbonyl (C=O) groups excluding carboxylic acids is 3. The molecule has 2 aliphatic rings. The molecule has 24 heavy (non-hydrogen) atoms. The number of esters is 1. The molecule has 0 aromatic heterocycles. The number of ether oxygens (including phenoxy) is 1. The van der Waals surface area contributed by atoms with Gasteiger partial charge in [-0.3, -0.25) is 19.3 Å². The van der Waals surface area contributed by atoms with E-state index >= 15 is 0 Å². The minimum absolute atomic E-state index is 0.135. The predicted molar refractivity (Wildman–Crippen MR) is 88.2 cm³/mol. The topological polar surface area (TPSA) is 66.9 Å². The highest BCUT2D eigenvalue weighted by Crippen LogP contribution is 2.53. The van der Waals surface area contributed by atoms with Crippen molar-refractivity contribution >= 4 is 23.5 Å². The van der Waals surface area contributed by atoms with E-state index in [1.165, 1.54) is 20.8 Å². The first kappa shape index (κ1) is 16.5. The molecule has 6 heteroatoms. The number of rotatable bonds is 2. The van der Waals surface area contributed by atoms with Crippen molar-refractivity contribution in [3.63, 3.8) is 0 Å². The summed E-state index contributed by atoms with van der Waals surface area (Å²) >= 11 is 0. The fourth-order valence-corrected chi connectivity index (χ4v) is 3.98. The molecule has 1 saturated heterocycles. The Morgan fingerprint density at radius 1 is 1.21 bits per heavy atom. The van der Waals surface area contributed by atoms with Crippen molar-refractivity contribution in [2.45, 2.75) is 52.3 Å². The highest BCUT2D eigenvalue weighted by molar-refractivity contribution is 5.97. The van der Waals surface area contributed by atoms with E-state index in [0.717, 1.165) is 23.2 Å². The zero-order chi connectivity index (χ0) is 17.6. The molecule has 0 saturated carbocycles. The van der Waals surface area contributed by atoms with Gasteiger partial charge in [-0.1, -0.05) is 13.0 Å². The van der Waals surface area contributed by atoms with E-state index in [9.17, 15) is 14.4 Å². The lowest BCUT2D eigenvalue weighted by Gasteiger charge is -2.35. The molecular weight excluding hydrogens is 308 g/mol. The van der Waals surface area contributed by atoms with Crippen LogP contribution in [0, 0.1) is 0 Å². The number of aryl methyl sites for hydroxylation is 1. The molecule has 2 amide bonds. The summed E-state index contributed by atoms with van der Waals surface area (Å²) < 4.78 is 5.78. The lowest BCUT2D eigenvalue weighted by Crippen LogP contribution is -2.54.